The molecule has 2 aliphatic rings. The second-order valence-electron chi connectivity index (χ2n) is 5.21. The van der Waals surface area contributed by atoms with Gasteiger partial charge in [0.25, 0.3) is 0 Å². The molecule has 3 nitrogen and oxygen atoms in total. The lowest BCUT2D eigenvalue weighted by atomic mass is 9.83. The van der Waals surface area contributed by atoms with Crippen molar-refractivity contribution in [3.05, 3.63) is 11.3 Å². The molecule has 1 saturated carbocycles. The van der Waals surface area contributed by atoms with E-state index in [9.17, 15) is 5.11 Å². The first kappa shape index (κ1) is 11.6. The van der Waals surface area contributed by atoms with Crippen LogP contribution in [0.25, 0.3) is 0 Å². The highest BCUT2D eigenvalue weighted by molar-refractivity contribution is 5.67. The Hall–Kier alpha value is -0.830. The predicted molar refractivity (Wildman–Crippen MR) is 66.1 cm³/mol. The maximum atomic E-state index is 9.75. The van der Waals surface area contributed by atoms with Crippen LogP contribution in [-0.4, -0.2) is 17.4 Å². The molecule has 0 radical (unpaired) electrons. The average molecular weight is 222 g/mol. The normalized spacial score (nSPS) is 30.8. The summed E-state index contributed by atoms with van der Waals surface area (Å²) < 4.78 is 0. The third-order valence-corrected chi connectivity index (χ3v) is 3.61. The molecule has 1 aliphatic carbocycles. The summed E-state index contributed by atoms with van der Waals surface area (Å²) in [7, 11) is 0. The van der Waals surface area contributed by atoms with Crippen molar-refractivity contribution in [2.75, 3.05) is 0 Å². The highest BCUT2D eigenvalue weighted by atomic mass is 16.3. The van der Waals surface area contributed by atoms with Crippen LogP contribution in [-0.2, 0) is 0 Å². The van der Waals surface area contributed by atoms with Gasteiger partial charge < -0.3 is 5.11 Å². The Balaban J connectivity index is 2.20. The molecule has 1 heterocycles. The Bertz CT molecular complexity index is 307. The molecule has 2 unspecified atom stereocenters. The van der Waals surface area contributed by atoms with Crippen molar-refractivity contribution in [1.29, 1.82) is 0 Å². The minimum Gasteiger partial charge on any atom is -0.393 e. The van der Waals surface area contributed by atoms with Crippen molar-refractivity contribution in [1.82, 2.24) is 5.43 Å². The molecular weight excluding hydrogens is 200 g/mol. The van der Waals surface area contributed by atoms with Crippen LogP contribution in [0, 0.1) is 11.8 Å². The highest BCUT2D eigenvalue weighted by Crippen LogP contribution is 2.32. The van der Waals surface area contributed by atoms with Crippen molar-refractivity contribution >= 4 is 6.21 Å². The lowest BCUT2D eigenvalue weighted by molar-refractivity contribution is 0.145. The van der Waals surface area contributed by atoms with Crippen LogP contribution in [0.1, 0.15) is 46.0 Å². The zero-order valence-electron chi connectivity index (χ0n) is 10.2. The largest absolute Gasteiger partial charge is 0.393 e. The van der Waals surface area contributed by atoms with Crippen LogP contribution >= 0.6 is 0 Å². The van der Waals surface area contributed by atoms with E-state index in [-0.39, 0.29) is 6.10 Å². The van der Waals surface area contributed by atoms with Crippen LogP contribution < -0.4 is 5.43 Å². The van der Waals surface area contributed by atoms with Crippen molar-refractivity contribution in [3.63, 3.8) is 0 Å². The van der Waals surface area contributed by atoms with E-state index in [0.29, 0.717) is 11.8 Å². The van der Waals surface area contributed by atoms with E-state index in [4.69, 9.17) is 0 Å². The predicted octanol–water partition coefficient (Wildman–Crippen LogP) is 2.43. The molecule has 1 fully saturated rings. The summed E-state index contributed by atoms with van der Waals surface area (Å²) in [6.45, 7) is 4.39. The van der Waals surface area contributed by atoms with Crippen LogP contribution in [0.4, 0.5) is 0 Å². The third kappa shape index (κ3) is 2.46. The van der Waals surface area contributed by atoms with Crippen LogP contribution in [0.2, 0.25) is 0 Å². The van der Waals surface area contributed by atoms with Crippen molar-refractivity contribution in [3.8, 4) is 0 Å². The molecule has 0 saturated heterocycles. The maximum Gasteiger partial charge on any atom is 0.0543 e. The lowest BCUT2D eigenvalue weighted by Gasteiger charge is -2.29. The molecule has 1 aliphatic heterocycles. The quantitative estimate of drug-likeness (QED) is 0.715. The van der Waals surface area contributed by atoms with Gasteiger partial charge in [-0.3, -0.25) is 5.43 Å². The molecule has 0 amide bonds. The summed E-state index contributed by atoms with van der Waals surface area (Å²) in [5.74, 6) is 0.998. The summed E-state index contributed by atoms with van der Waals surface area (Å²) >= 11 is 0. The van der Waals surface area contributed by atoms with Gasteiger partial charge in [-0.15, -0.1) is 0 Å². The van der Waals surface area contributed by atoms with Gasteiger partial charge in [-0.2, -0.15) is 5.10 Å². The van der Waals surface area contributed by atoms with E-state index in [1.54, 1.807) is 0 Å². The Morgan fingerprint density at radius 1 is 1.38 bits per heavy atom. The number of aliphatic hydroxyl groups is 1. The van der Waals surface area contributed by atoms with E-state index < -0.39 is 0 Å². The fraction of sp³-hybridized carbons (Fsp3) is 0.769. The molecule has 2 N–H and O–H groups in total. The third-order valence-electron chi connectivity index (χ3n) is 3.61. The second-order valence-corrected chi connectivity index (χ2v) is 5.21. The zero-order chi connectivity index (χ0) is 11.5. The van der Waals surface area contributed by atoms with Crippen molar-refractivity contribution < 1.29 is 5.11 Å². The van der Waals surface area contributed by atoms with Gasteiger partial charge in [-0.05, 0) is 43.6 Å². The molecule has 0 spiro atoms. The maximum absolute atomic E-state index is 9.75. The summed E-state index contributed by atoms with van der Waals surface area (Å²) in [6.07, 6.45) is 7.03. The van der Waals surface area contributed by atoms with E-state index >= 15 is 0 Å². The van der Waals surface area contributed by atoms with E-state index in [0.717, 1.165) is 32.1 Å². The number of rotatable bonds is 1. The topological polar surface area (TPSA) is 44.6 Å². The van der Waals surface area contributed by atoms with Gasteiger partial charge in [-0.1, -0.05) is 13.8 Å². The molecule has 3 heteroatoms. The number of allylic oxidation sites excluding steroid dienone is 2. The Morgan fingerprint density at radius 2 is 2.19 bits per heavy atom. The van der Waals surface area contributed by atoms with Gasteiger partial charge in [0.05, 0.1) is 6.10 Å². The van der Waals surface area contributed by atoms with Crippen LogP contribution in [0.15, 0.2) is 16.4 Å². The van der Waals surface area contributed by atoms with Gasteiger partial charge in [0, 0.05) is 17.8 Å². The number of aliphatic hydroxyl groups excluding tert-OH is 1. The molecule has 16 heavy (non-hydrogen) atoms. The average Bonchev–Trinajstić information content (AvgIpc) is 2.23. The summed E-state index contributed by atoms with van der Waals surface area (Å²) in [5, 5.41) is 14.0. The van der Waals surface area contributed by atoms with Crippen LogP contribution in [0.5, 0.6) is 0 Å². The Kier molecular flexibility index (Phi) is 3.64. The van der Waals surface area contributed by atoms with Gasteiger partial charge in [0.1, 0.15) is 0 Å². The van der Waals surface area contributed by atoms with Gasteiger partial charge >= 0.3 is 0 Å². The highest BCUT2D eigenvalue weighted by Gasteiger charge is 2.24. The minimum atomic E-state index is -0.110. The Morgan fingerprint density at radius 3 is 2.94 bits per heavy atom. The number of fused-ring (bicyclic) bond motifs is 1. The minimum absolute atomic E-state index is 0.110. The van der Waals surface area contributed by atoms with E-state index in [1.165, 1.54) is 11.3 Å². The number of hydrazone groups is 1. The Labute approximate surface area is 97.6 Å². The number of hydrogen-bond acceptors (Lipinski definition) is 3. The first-order valence-electron chi connectivity index (χ1n) is 6.38. The smallest absolute Gasteiger partial charge is 0.0543 e. The van der Waals surface area contributed by atoms with Crippen LogP contribution in [0.3, 0.4) is 0 Å². The van der Waals surface area contributed by atoms with Crippen molar-refractivity contribution in [2.24, 2.45) is 16.9 Å². The molecule has 90 valence electrons. The first-order valence-corrected chi connectivity index (χ1v) is 6.38. The van der Waals surface area contributed by atoms with Crippen molar-refractivity contribution in [2.45, 2.75) is 52.1 Å². The molecule has 0 bridgehead atoms. The summed E-state index contributed by atoms with van der Waals surface area (Å²) in [4.78, 5) is 0. The second kappa shape index (κ2) is 5.00. The lowest BCUT2D eigenvalue weighted by Crippen LogP contribution is -2.27. The molecule has 2 rings (SSSR count). The molecular formula is C13H22N2O. The zero-order valence-corrected chi connectivity index (χ0v) is 10.2. The number of nitrogens with one attached hydrogen (secondary N) is 1. The molecule has 0 aromatic rings. The standard InChI is InChI=1S/C13H22N2O/c1-9(2)13-12-7-6-11(16)5-3-4-10(12)8-14-15-13/h8-11,15-16H,3-7H2,1-2H3. The number of hydrogen-bond donors (Lipinski definition) is 2. The number of nitrogens with zero attached hydrogens (tertiary/aromatic N) is 1. The van der Waals surface area contributed by atoms with Gasteiger partial charge in [0.2, 0.25) is 0 Å². The van der Waals surface area contributed by atoms with Gasteiger partial charge in [-0.25, -0.2) is 0 Å². The van der Waals surface area contributed by atoms with E-state index in [1.807, 2.05) is 6.21 Å². The van der Waals surface area contributed by atoms with Gasteiger partial charge in [0.15, 0.2) is 0 Å². The summed E-state index contributed by atoms with van der Waals surface area (Å²) in [6, 6.07) is 0. The van der Waals surface area contributed by atoms with E-state index in [2.05, 4.69) is 24.4 Å². The molecule has 0 aromatic heterocycles. The molecule has 2 atom stereocenters. The SMILES string of the molecule is CC(C)C1=C2CCC(O)CCCC2C=NN1. The summed E-state index contributed by atoms with van der Waals surface area (Å²) in [5.41, 5.74) is 5.90. The molecule has 0 aromatic carbocycles. The monoisotopic (exact) mass is 222 g/mol. The fourth-order valence-electron chi connectivity index (χ4n) is 2.67. The first-order chi connectivity index (χ1) is 7.68. The fourth-order valence-corrected chi connectivity index (χ4v) is 2.67.